The fourth-order valence-electron chi connectivity index (χ4n) is 2.95. The van der Waals surface area contributed by atoms with Crippen molar-refractivity contribution in [2.75, 3.05) is 11.9 Å². The quantitative estimate of drug-likeness (QED) is 0.494. The zero-order valence-corrected chi connectivity index (χ0v) is 15.9. The molecule has 0 N–H and O–H groups in total. The molecule has 0 atom stereocenters. The average Bonchev–Trinajstić information content (AvgIpc) is 2.44. The van der Waals surface area contributed by atoms with Crippen LogP contribution in [0.25, 0.3) is 0 Å². The van der Waals surface area contributed by atoms with E-state index in [-0.39, 0.29) is 10.8 Å². The van der Waals surface area contributed by atoms with Gasteiger partial charge in [-0.1, -0.05) is 81.6 Å². The molecular formula is C19H31BrO. The van der Waals surface area contributed by atoms with E-state index in [2.05, 4.69) is 74.8 Å². The number of alkyl halides is 1. The molecule has 0 aromatic heterocycles. The van der Waals surface area contributed by atoms with Crippen LogP contribution in [0.5, 0.6) is 5.75 Å². The summed E-state index contributed by atoms with van der Waals surface area (Å²) in [6, 6.07) is 8.46. The molecule has 0 aliphatic rings. The van der Waals surface area contributed by atoms with Crippen molar-refractivity contribution in [3.8, 4) is 5.75 Å². The van der Waals surface area contributed by atoms with Crippen molar-refractivity contribution in [3.05, 3.63) is 29.8 Å². The molecule has 1 aromatic rings. The molecule has 0 radical (unpaired) electrons. The molecule has 1 rings (SSSR count). The molecule has 0 spiro atoms. The first-order valence-corrected chi connectivity index (χ1v) is 9.29. The number of halogens is 1. The molecule has 0 bridgehead atoms. The van der Waals surface area contributed by atoms with Gasteiger partial charge in [-0.15, -0.1) is 0 Å². The van der Waals surface area contributed by atoms with E-state index in [4.69, 9.17) is 4.74 Å². The summed E-state index contributed by atoms with van der Waals surface area (Å²) in [6.45, 7) is 12.0. The van der Waals surface area contributed by atoms with Gasteiger partial charge in [0, 0.05) is 10.7 Å². The Bertz CT molecular complexity index is 414. The summed E-state index contributed by atoms with van der Waals surface area (Å²) >= 11 is 3.73. The van der Waals surface area contributed by atoms with Crippen molar-refractivity contribution in [3.63, 3.8) is 0 Å². The maximum Gasteiger partial charge on any atom is 0.123 e. The predicted molar refractivity (Wildman–Crippen MR) is 96.7 cm³/mol. The summed E-state index contributed by atoms with van der Waals surface area (Å²) in [5.41, 5.74) is 1.67. The molecule has 120 valence electrons. The second-order valence-corrected chi connectivity index (χ2v) is 7.73. The highest BCUT2D eigenvalue weighted by Gasteiger charge is 2.29. The van der Waals surface area contributed by atoms with Gasteiger partial charge in [-0.25, -0.2) is 0 Å². The van der Waals surface area contributed by atoms with Crippen LogP contribution in [-0.2, 0) is 5.41 Å². The van der Waals surface area contributed by atoms with Crippen LogP contribution in [0.3, 0.4) is 0 Å². The lowest BCUT2D eigenvalue weighted by Gasteiger charge is -2.32. The van der Waals surface area contributed by atoms with Crippen LogP contribution in [0.15, 0.2) is 24.3 Å². The Morgan fingerprint density at radius 2 is 1.57 bits per heavy atom. The van der Waals surface area contributed by atoms with Gasteiger partial charge in [0.25, 0.3) is 0 Å². The third kappa shape index (κ3) is 5.32. The van der Waals surface area contributed by atoms with E-state index in [0.29, 0.717) is 0 Å². The first-order chi connectivity index (χ1) is 9.88. The number of hydrogen-bond donors (Lipinski definition) is 0. The molecule has 0 unspecified atom stereocenters. The van der Waals surface area contributed by atoms with Crippen molar-refractivity contribution in [1.29, 1.82) is 0 Å². The van der Waals surface area contributed by atoms with Crippen LogP contribution in [0, 0.1) is 5.41 Å². The van der Waals surface area contributed by atoms with Crippen molar-refractivity contribution in [2.45, 2.75) is 65.7 Å². The molecule has 21 heavy (non-hydrogen) atoms. The van der Waals surface area contributed by atoms with Crippen molar-refractivity contribution in [1.82, 2.24) is 0 Å². The first-order valence-electron chi connectivity index (χ1n) is 8.17. The van der Waals surface area contributed by atoms with Gasteiger partial charge in [0.1, 0.15) is 5.75 Å². The lowest BCUT2D eigenvalue weighted by Crippen LogP contribution is -2.31. The summed E-state index contributed by atoms with van der Waals surface area (Å²) in [5, 5.41) is 1.01. The number of rotatable bonds is 8. The second kappa shape index (κ2) is 8.22. The third-order valence-electron chi connectivity index (χ3n) is 4.07. The molecule has 1 nitrogen and oxygen atoms in total. The minimum absolute atomic E-state index is 0.114. The van der Waals surface area contributed by atoms with Gasteiger partial charge in [0.05, 0.1) is 6.61 Å². The third-order valence-corrected chi connectivity index (χ3v) is 5.26. The highest BCUT2D eigenvalue weighted by Crippen LogP contribution is 2.36. The Balaban J connectivity index is 2.90. The molecular weight excluding hydrogens is 324 g/mol. The SMILES string of the molecule is CCCC(CBr)(CCC)COc1ccccc1C(C)(C)C. The average molecular weight is 355 g/mol. The normalized spacial score (nSPS) is 12.5. The van der Waals surface area contributed by atoms with Gasteiger partial charge in [-0.3, -0.25) is 0 Å². The van der Waals surface area contributed by atoms with Crippen LogP contribution in [0.2, 0.25) is 0 Å². The molecule has 0 aliphatic carbocycles. The maximum absolute atomic E-state index is 6.30. The van der Waals surface area contributed by atoms with Gasteiger partial charge in [-0.2, -0.15) is 0 Å². The second-order valence-electron chi connectivity index (χ2n) is 7.17. The Morgan fingerprint density at radius 3 is 2.05 bits per heavy atom. The molecule has 0 heterocycles. The van der Waals surface area contributed by atoms with E-state index < -0.39 is 0 Å². The highest BCUT2D eigenvalue weighted by atomic mass is 79.9. The first kappa shape index (κ1) is 18.5. The molecule has 0 saturated carbocycles. The van der Waals surface area contributed by atoms with E-state index >= 15 is 0 Å². The standard InChI is InChI=1S/C19H31BrO/c1-6-12-19(14-20,13-7-2)15-21-17-11-9-8-10-16(17)18(3,4)5/h8-11H,6-7,12-15H2,1-5H3. The highest BCUT2D eigenvalue weighted by molar-refractivity contribution is 9.09. The molecule has 0 fully saturated rings. The van der Waals surface area contributed by atoms with Gasteiger partial charge in [0.2, 0.25) is 0 Å². The predicted octanol–water partition coefficient (Wildman–Crippen LogP) is 6.34. The molecule has 1 aromatic carbocycles. The Hall–Kier alpha value is -0.500. The van der Waals surface area contributed by atoms with E-state index in [0.717, 1.165) is 17.7 Å². The molecule has 0 amide bonds. The number of hydrogen-bond acceptors (Lipinski definition) is 1. The van der Waals surface area contributed by atoms with E-state index in [1.54, 1.807) is 0 Å². The summed E-state index contributed by atoms with van der Waals surface area (Å²) < 4.78 is 6.30. The lowest BCUT2D eigenvalue weighted by molar-refractivity contribution is 0.142. The fraction of sp³-hybridized carbons (Fsp3) is 0.684. The molecule has 2 heteroatoms. The molecule has 0 aliphatic heterocycles. The van der Waals surface area contributed by atoms with Gasteiger partial charge in [0.15, 0.2) is 0 Å². The topological polar surface area (TPSA) is 9.23 Å². The summed E-state index contributed by atoms with van der Waals surface area (Å²) in [5.74, 6) is 1.04. The van der Waals surface area contributed by atoms with Crippen LogP contribution >= 0.6 is 15.9 Å². The minimum atomic E-state index is 0.114. The van der Waals surface area contributed by atoms with Crippen LogP contribution < -0.4 is 4.74 Å². The number of benzene rings is 1. The monoisotopic (exact) mass is 354 g/mol. The van der Waals surface area contributed by atoms with E-state index in [1.807, 2.05) is 0 Å². The summed E-state index contributed by atoms with van der Waals surface area (Å²) in [7, 11) is 0. The minimum Gasteiger partial charge on any atom is -0.493 e. The number of ether oxygens (including phenoxy) is 1. The van der Waals surface area contributed by atoms with Gasteiger partial charge < -0.3 is 4.74 Å². The van der Waals surface area contributed by atoms with Crippen molar-refractivity contribution >= 4 is 15.9 Å². The van der Waals surface area contributed by atoms with Crippen molar-refractivity contribution in [2.24, 2.45) is 5.41 Å². The zero-order chi connectivity index (χ0) is 15.9. The smallest absolute Gasteiger partial charge is 0.123 e. The fourth-order valence-corrected chi connectivity index (χ4v) is 3.67. The van der Waals surface area contributed by atoms with Gasteiger partial charge in [-0.05, 0) is 29.9 Å². The Morgan fingerprint density at radius 1 is 1.00 bits per heavy atom. The van der Waals surface area contributed by atoms with E-state index in [1.165, 1.54) is 31.2 Å². The summed E-state index contributed by atoms with van der Waals surface area (Å²) in [4.78, 5) is 0. The van der Waals surface area contributed by atoms with Gasteiger partial charge >= 0.3 is 0 Å². The van der Waals surface area contributed by atoms with Crippen LogP contribution in [0.1, 0.15) is 65.9 Å². The number of para-hydroxylation sites is 1. The molecule has 0 saturated heterocycles. The Kier molecular flexibility index (Phi) is 7.26. The summed E-state index contributed by atoms with van der Waals surface area (Å²) in [6.07, 6.45) is 4.83. The lowest BCUT2D eigenvalue weighted by atomic mass is 9.82. The van der Waals surface area contributed by atoms with E-state index in [9.17, 15) is 0 Å². The Labute approximate surface area is 139 Å². The largest absolute Gasteiger partial charge is 0.493 e. The zero-order valence-electron chi connectivity index (χ0n) is 14.3. The van der Waals surface area contributed by atoms with Crippen molar-refractivity contribution < 1.29 is 4.74 Å². The van der Waals surface area contributed by atoms with Crippen LogP contribution in [0.4, 0.5) is 0 Å². The van der Waals surface area contributed by atoms with Crippen LogP contribution in [-0.4, -0.2) is 11.9 Å². The maximum atomic E-state index is 6.30.